The second-order valence-corrected chi connectivity index (χ2v) is 8.23. The van der Waals surface area contributed by atoms with Gasteiger partial charge in [-0.2, -0.15) is 0 Å². The summed E-state index contributed by atoms with van der Waals surface area (Å²) in [7, 11) is 3.68. The van der Waals surface area contributed by atoms with E-state index in [4.69, 9.17) is 4.74 Å². The number of benzene rings is 2. The zero-order chi connectivity index (χ0) is 22.2. The van der Waals surface area contributed by atoms with Gasteiger partial charge in [-0.05, 0) is 50.5 Å². The Bertz CT molecular complexity index is 842. The molecule has 5 nitrogen and oxygen atoms in total. The molecule has 0 saturated carbocycles. The standard InChI is InChI=1S/C24H31F2N3O2/c1-28-12-10-18(11-13-28)15-29(16-20-8-9-21(25)14-22(20)26)24(30)27-23(17-31-2)19-6-4-3-5-7-19/h3-9,14,18,23H,10-13,15-17H2,1-2H3,(H,27,30). The molecular formula is C24H31F2N3O2. The van der Waals surface area contributed by atoms with Crippen molar-refractivity contribution in [3.05, 3.63) is 71.3 Å². The van der Waals surface area contributed by atoms with Gasteiger partial charge in [0.05, 0.1) is 19.2 Å². The molecule has 0 bridgehead atoms. The van der Waals surface area contributed by atoms with Gasteiger partial charge in [-0.3, -0.25) is 0 Å². The predicted octanol–water partition coefficient (Wildman–Crippen LogP) is 4.21. The fourth-order valence-electron chi connectivity index (χ4n) is 3.94. The minimum absolute atomic E-state index is 0.0821. The van der Waals surface area contributed by atoms with Gasteiger partial charge in [0.1, 0.15) is 11.6 Å². The highest BCUT2D eigenvalue weighted by atomic mass is 19.1. The average molecular weight is 432 g/mol. The number of nitrogens with one attached hydrogen (secondary N) is 1. The van der Waals surface area contributed by atoms with Gasteiger partial charge in [0, 0.05) is 25.3 Å². The van der Waals surface area contributed by atoms with Crippen molar-refractivity contribution in [2.24, 2.45) is 5.92 Å². The van der Waals surface area contributed by atoms with E-state index in [0.717, 1.165) is 37.6 Å². The molecule has 0 aromatic heterocycles. The lowest BCUT2D eigenvalue weighted by atomic mass is 9.96. The van der Waals surface area contributed by atoms with Crippen molar-refractivity contribution in [2.75, 3.05) is 40.4 Å². The van der Waals surface area contributed by atoms with Crippen LogP contribution in [0.25, 0.3) is 0 Å². The van der Waals surface area contributed by atoms with Crippen LogP contribution in [0.2, 0.25) is 0 Å². The molecule has 1 heterocycles. The zero-order valence-corrected chi connectivity index (χ0v) is 18.2. The summed E-state index contributed by atoms with van der Waals surface area (Å²) in [4.78, 5) is 17.2. The topological polar surface area (TPSA) is 44.8 Å². The number of hydrogen-bond donors (Lipinski definition) is 1. The van der Waals surface area contributed by atoms with E-state index < -0.39 is 11.6 Å². The first-order valence-corrected chi connectivity index (χ1v) is 10.7. The lowest BCUT2D eigenvalue weighted by molar-refractivity contribution is 0.138. The van der Waals surface area contributed by atoms with Crippen LogP contribution in [-0.2, 0) is 11.3 Å². The summed E-state index contributed by atoms with van der Waals surface area (Å²) < 4.78 is 33.0. The van der Waals surface area contributed by atoms with Gasteiger partial charge in [-0.15, -0.1) is 0 Å². The predicted molar refractivity (Wildman–Crippen MR) is 117 cm³/mol. The van der Waals surface area contributed by atoms with Crippen LogP contribution in [-0.4, -0.2) is 56.2 Å². The van der Waals surface area contributed by atoms with Crippen molar-refractivity contribution >= 4 is 6.03 Å². The minimum Gasteiger partial charge on any atom is -0.382 e. The summed E-state index contributed by atoms with van der Waals surface area (Å²) in [5.41, 5.74) is 1.23. The van der Waals surface area contributed by atoms with Crippen molar-refractivity contribution in [2.45, 2.75) is 25.4 Å². The Morgan fingerprint density at radius 1 is 1.19 bits per heavy atom. The van der Waals surface area contributed by atoms with Crippen molar-refractivity contribution < 1.29 is 18.3 Å². The van der Waals surface area contributed by atoms with Gasteiger partial charge in [-0.1, -0.05) is 36.4 Å². The molecule has 168 valence electrons. The molecule has 0 aliphatic carbocycles. The third-order valence-electron chi connectivity index (χ3n) is 5.81. The monoisotopic (exact) mass is 431 g/mol. The van der Waals surface area contributed by atoms with Crippen molar-refractivity contribution in [3.8, 4) is 0 Å². The van der Waals surface area contributed by atoms with Gasteiger partial charge < -0.3 is 19.9 Å². The molecule has 2 aromatic rings. The van der Waals surface area contributed by atoms with Gasteiger partial charge >= 0.3 is 6.03 Å². The maximum atomic E-state index is 14.3. The number of halogens is 2. The molecule has 1 N–H and O–H groups in total. The molecule has 1 atom stereocenters. The van der Waals surface area contributed by atoms with Crippen molar-refractivity contribution in [1.82, 2.24) is 15.1 Å². The Morgan fingerprint density at radius 3 is 2.55 bits per heavy atom. The summed E-state index contributed by atoms with van der Waals surface area (Å²) in [5.74, 6) is -0.933. The summed E-state index contributed by atoms with van der Waals surface area (Å²) in [6.07, 6.45) is 1.96. The number of likely N-dealkylation sites (tertiary alicyclic amines) is 1. The lowest BCUT2D eigenvalue weighted by Crippen LogP contribution is -2.46. The van der Waals surface area contributed by atoms with Gasteiger partial charge in [-0.25, -0.2) is 13.6 Å². The third kappa shape index (κ3) is 6.74. The van der Waals surface area contributed by atoms with E-state index in [-0.39, 0.29) is 18.6 Å². The lowest BCUT2D eigenvalue weighted by Gasteiger charge is -2.34. The number of rotatable bonds is 8. The number of piperidine rings is 1. The molecule has 3 rings (SSSR count). The number of urea groups is 1. The average Bonchev–Trinajstić information content (AvgIpc) is 2.76. The first kappa shape index (κ1) is 23.2. The smallest absolute Gasteiger partial charge is 0.318 e. The van der Waals surface area contributed by atoms with Crippen molar-refractivity contribution in [1.29, 1.82) is 0 Å². The third-order valence-corrected chi connectivity index (χ3v) is 5.81. The first-order valence-electron chi connectivity index (χ1n) is 10.7. The van der Waals surface area contributed by atoms with Crippen LogP contribution in [0, 0.1) is 17.6 Å². The Kier molecular flexibility index (Phi) is 8.37. The van der Waals surface area contributed by atoms with Crippen molar-refractivity contribution in [3.63, 3.8) is 0 Å². The largest absolute Gasteiger partial charge is 0.382 e. The Labute approximate surface area is 183 Å². The van der Waals surface area contributed by atoms with E-state index in [1.165, 1.54) is 12.1 Å². The summed E-state index contributed by atoms with van der Waals surface area (Å²) >= 11 is 0. The number of carbonyl (C=O) groups excluding carboxylic acids is 1. The molecule has 0 radical (unpaired) electrons. The summed E-state index contributed by atoms with van der Waals surface area (Å²) in [6, 6.07) is 12.5. The number of nitrogens with zero attached hydrogens (tertiary/aromatic N) is 2. The van der Waals surface area contributed by atoms with Crippen LogP contribution >= 0.6 is 0 Å². The summed E-state index contributed by atoms with van der Waals surface area (Å²) in [5, 5.41) is 3.04. The number of hydrogen-bond acceptors (Lipinski definition) is 3. The van der Waals surface area contributed by atoms with Gasteiger partial charge in [0.25, 0.3) is 0 Å². The molecule has 2 aromatic carbocycles. The normalized spacial score (nSPS) is 16.1. The molecule has 0 spiro atoms. The molecule has 1 saturated heterocycles. The van der Waals surface area contributed by atoms with Crippen LogP contribution in [0.4, 0.5) is 13.6 Å². The molecule has 7 heteroatoms. The summed E-state index contributed by atoms with van der Waals surface area (Å²) in [6.45, 7) is 2.87. The number of carbonyl (C=O) groups is 1. The van der Waals surface area contributed by atoms with E-state index in [9.17, 15) is 13.6 Å². The van der Waals surface area contributed by atoms with Crippen LogP contribution in [0.15, 0.2) is 48.5 Å². The van der Waals surface area contributed by atoms with E-state index in [2.05, 4.69) is 17.3 Å². The fraction of sp³-hybridized carbons (Fsp3) is 0.458. The van der Waals surface area contributed by atoms with E-state index >= 15 is 0 Å². The molecule has 31 heavy (non-hydrogen) atoms. The molecular weight excluding hydrogens is 400 g/mol. The fourth-order valence-corrected chi connectivity index (χ4v) is 3.94. The van der Waals surface area contributed by atoms with Crippen LogP contribution < -0.4 is 5.32 Å². The highest BCUT2D eigenvalue weighted by Gasteiger charge is 2.25. The van der Waals surface area contributed by atoms with Crippen LogP contribution in [0.1, 0.15) is 30.0 Å². The molecule has 1 fully saturated rings. The zero-order valence-electron chi connectivity index (χ0n) is 18.2. The molecule has 2 amide bonds. The molecule has 1 aliphatic heterocycles. The number of amides is 2. The Morgan fingerprint density at radius 2 is 1.90 bits per heavy atom. The SMILES string of the molecule is COCC(NC(=O)N(Cc1ccc(F)cc1F)CC1CCN(C)CC1)c1ccccc1. The van der Waals surface area contributed by atoms with Gasteiger partial charge in [0.2, 0.25) is 0 Å². The van der Waals surface area contributed by atoms with E-state index in [1.807, 2.05) is 30.3 Å². The second kappa shape index (κ2) is 11.2. The number of methoxy groups -OCH3 is 1. The Hall–Kier alpha value is -2.51. The quantitative estimate of drug-likeness (QED) is 0.681. The van der Waals surface area contributed by atoms with Crippen LogP contribution in [0.3, 0.4) is 0 Å². The second-order valence-electron chi connectivity index (χ2n) is 8.23. The van der Waals surface area contributed by atoms with Crippen LogP contribution in [0.5, 0.6) is 0 Å². The highest BCUT2D eigenvalue weighted by Crippen LogP contribution is 2.21. The molecule has 1 unspecified atom stereocenters. The minimum atomic E-state index is -0.641. The van der Waals surface area contributed by atoms with Gasteiger partial charge in [0.15, 0.2) is 0 Å². The number of ether oxygens (including phenoxy) is 1. The molecule has 1 aliphatic rings. The highest BCUT2D eigenvalue weighted by molar-refractivity contribution is 5.74. The van der Waals surface area contributed by atoms with E-state index in [0.29, 0.717) is 24.6 Å². The maximum absolute atomic E-state index is 14.3. The first-order chi connectivity index (χ1) is 15.0. The maximum Gasteiger partial charge on any atom is 0.318 e. The van der Waals surface area contributed by atoms with E-state index in [1.54, 1.807) is 12.0 Å². The Balaban J connectivity index is 1.77.